The lowest BCUT2D eigenvalue weighted by Crippen LogP contribution is -2.12. The summed E-state index contributed by atoms with van der Waals surface area (Å²) in [5, 5.41) is 10.5. The number of benzene rings is 2. The lowest BCUT2D eigenvalue weighted by Gasteiger charge is -2.05. The van der Waals surface area contributed by atoms with Crippen LogP contribution in [0.4, 0.5) is 0 Å². The van der Waals surface area contributed by atoms with Gasteiger partial charge in [-0.2, -0.15) is 0 Å². The number of hydrogen-bond acceptors (Lipinski definition) is 2. The van der Waals surface area contributed by atoms with Crippen LogP contribution in [0.15, 0.2) is 30.3 Å². The van der Waals surface area contributed by atoms with Crippen molar-refractivity contribution in [2.45, 2.75) is 27.2 Å². The van der Waals surface area contributed by atoms with Crippen LogP contribution in [0.5, 0.6) is 0 Å². The number of nitrogens with two attached hydrogens (primary N) is 1. The first-order chi connectivity index (χ1) is 9.40. The Morgan fingerprint density at radius 3 is 2.20 bits per heavy atom. The Labute approximate surface area is 118 Å². The molecular weight excluding hydrogens is 254 g/mol. The standard InChI is InChI=1S/C13H11NO3.C3H8/c1-7-4-8-2-3-9(13(16)17)5-10(8)6-11(7)12(14)15;1-3-2/h2-6H,1H3,(H2,14,15)(H,16,17);3H2,1-2H3. The highest BCUT2D eigenvalue weighted by Gasteiger charge is 2.08. The van der Waals surface area contributed by atoms with Crippen LogP contribution < -0.4 is 5.73 Å². The maximum Gasteiger partial charge on any atom is 0.335 e. The maximum absolute atomic E-state index is 11.2. The van der Waals surface area contributed by atoms with Crippen molar-refractivity contribution in [1.29, 1.82) is 0 Å². The molecule has 2 aromatic rings. The molecule has 0 saturated heterocycles. The summed E-state index contributed by atoms with van der Waals surface area (Å²) in [5.41, 5.74) is 6.64. The molecule has 0 heterocycles. The Kier molecular flexibility index (Phi) is 5.26. The van der Waals surface area contributed by atoms with Gasteiger partial charge in [0.1, 0.15) is 0 Å². The third kappa shape index (κ3) is 3.57. The Bertz CT molecular complexity index is 647. The van der Waals surface area contributed by atoms with Crippen LogP contribution in [0, 0.1) is 6.92 Å². The minimum Gasteiger partial charge on any atom is -0.478 e. The third-order valence-electron chi connectivity index (χ3n) is 2.70. The highest BCUT2D eigenvalue weighted by Crippen LogP contribution is 2.21. The summed E-state index contributed by atoms with van der Waals surface area (Å²) >= 11 is 0. The average Bonchev–Trinajstić information content (AvgIpc) is 2.37. The van der Waals surface area contributed by atoms with Gasteiger partial charge >= 0.3 is 5.97 Å². The Morgan fingerprint density at radius 1 is 1.10 bits per heavy atom. The van der Waals surface area contributed by atoms with E-state index in [1.165, 1.54) is 18.6 Å². The molecule has 0 spiro atoms. The molecule has 2 aromatic carbocycles. The summed E-state index contributed by atoms with van der Waals surface area (Å²) < 4.78 is 0. The van der Waals surface area contributed by atoms with Crippen molar-refractivity contribution < 1.29 is 14.7 Å². The zero-order valence-corrected chi connectivity index (χ0v) is 11.9. The van der Waals surface area contributed by atoms with Crippen molar-refractivity contribution in [2.75, 3.05) is 0 Å². The quantitative estimate of drug-likeness (QED) is 0.880. The maximum atomic E-state index is 11.2. The van der Waals surface area contributed by atoms with Crippen LogP contribution in [0.1, 0.15) is 46.5 Å². The summed E-state index contributed by atoms with van der Waals surface area (Å²) in [6, 6.07) is 8.23. The molecule has 0 aliphatic rings. The number of hydrogen-bond donors (Lipinski definition) is 2. The zero-order chi connectivity index (χ0) is 15.3. The topological polar surface area (TPSA) is 80.4 Å². The summed E-state index contributed by atoms with van der Waals surface area (Å²) in [6.07, 6.45) is 1.25. The Hall–Kier alpha value is -2.36. The van der Waals surface area contributed by atoms with Gasteiger partial charge in [-0.3, -0.25) is 4.79 Å². The number of carbonyl (C=O) groups is 2. The van der Waals surface area contributed by atoms with Crippen LogP contribution in [0.3, 0.4) is 0 Å². The molecule has 0 saturated carbocycles. The van der Waals surface area contributed by atoms with Crippen LogP contribution >= 0.6 is 0 Å². The molecule has 106 valence electrons. The highest BCUT2D eigenvalue weighted by molar-refractivity contribution is 6.01. The van der Waals surface area contributed by atoms with Crippen LogP contribution in [0.25, 0.3) is 10.8 Å². The summed E-state index contributed by atoms with van der Waals surface area (Å²) in [4.78, 5) is 22.0. The number of rotatable bonds is 2. The molecule has 0 bridgehead atoms. The molecule has 0 aliphatic carbocycles. The number of carbonyl (C=O) groups excluding carboxylic acids is 1. The minimum atomic E-state index is -0.993. The normalized spacial score (nSPS) is 9.75. The van der Waals surface area contributed by atoms with E-state index in [-0.39, 0.29) is 5.56 Å². The monoisotopic (exact) mass is 273 g/mol. The zero-order valence-electron chi connectivity index (χ0n) is 11.9. The van der Waals surface area contributed by atoms with Gasteiger partial charge in [-0.1, -0.05) is 32.4 Å². The van der Waals surface area contributed by atoms with Gasteiger partial charge < -0.3 is 10.8 Å². The van der Waals surface area contributed by atoms with Crippen molar-refractivity contribution in [1.82, 2.24) is 0 Å². The van der Waals surface area contributed by atoms with Crippen LogP contribution in [-0.2, 0) is 0 Å². The molecule has 1 amide bonds. The van der Waals surface area contributed by atoms with E-state index in [9.17, 15) is 9.59 Å². The van der Waals surface area contributed by atoms with E-state index in [1.54, 1.807) is 19.1 Å². The van der Waals surface area contributed by atoms with Gasteiger partial charge in [-0.25, -0.2) is 4.79 Å². The van der Waals surface area contributed by atoms with Crippen molar-refractivity contribution >= 4 is 22.6 Å². The second kappa shape index (κ2) is 6.70. The van der Waals surface area contributed by atoms with Crippen molar-refractivity contribution in [2.24, 2.45) is 5.73 Å². The lowest BCUT2D eigenvalue weighted by atomic mass is 10.00. The van der Waals surface area contributed by atoms with E-state index in [0.717, 1.165) is 10.9 Å². The molecule has 20 heavy (non-hydrogen) atoms. The van der Waals surface area contributed by atoms with E-state index < -0.39 is 11.9 Å². The minimum absolute atomic E-state index is 0.191. The van der Waals surface area contributed by atoms with Gasteiger partial charge in [0.2, 0.25) is 5.91 Å². The first-order valence-electron chi connectivity index (χ1n) is 6.48. The van der Waals surface area contributed by atoms with Crippen molar-refractivity contribution in [3.05, 3.63) is 47.0 Å². The fourth-order valence-electron chi connectivity index (χ4n) is 1.81. The number of fused-ring (bicyclic) bond motifs is 1. The van der Waals surface area contributed by atoms with E-state index in [4.69, 9.17) is 10.8 Å². The summed E-state index contributed by atoms with van der Waals surface area (Å²) in [5.74, 6) is -1.50. The number of aryl methyl sites for hydroxylation is 1. The molecule has 4 heteroatoms. The van der Waals surface area contributed by atoms with Crippen molar-refractivity contribution in [3.63, 3.8) is 0 Å². The highest BCUT2D eigenvalue weighted by atomic mass is 16.4. The second-order valence-corrected chi connectivity index (χ2v) is 4.61. The largest absolute Gasteiger partial charge is 0.478 e. The second-order valence-electron chi connectivity index (χ2n) is 4.61. The molecule has 4 nitrogen and oxygen atoms in total. The van der Waals surface area contributed by atoms with E-state index in [2.05, 4.69) is 13.8 Å². The Morgan fingerprint density at radius 2 is 1.70 bits per heavy atom. The number of carboxylic acid groups (broad SMARTS) is 1. The fourth-order valence-corrected chi connectivity index (χ4v) is 1.81. The molecule has 0 radical (unpaired) electrons. The number of aromatic carboxylic acids is 1. The number of amides is 1. The van der Waals surface area contributed by atoms with Gasteiger partial charge in [-0.05, 0) is 41.5 Å². The first kappa shape index (κ1) is 15.7. The fraction of sp³-hybridized carbons (Fsp3) is 0.250. The van der Waals surface area contributed by atoms with Gasteiger partial charge in [0.15, 0.2) is 0 Å². The smallest absolute Gasteiger partial charge is 0.335 e. The van der Waals surface area contributed by atoms with E-state index in [0.29, 0.717) is 10.9 Å². The molecule has 2 rings (SSSR count). The molecular formula is C16H19NO3. The lowest BCUT2D eigenvalue weighted by molar-refractivity contribution is 0.0697. The third-order valence-corrected chi connectivity index (χ3v) is 2.70. The van der Waals surface area contributed by atoms with Crippen LogP contribution in [-0.4, -0.2) is 17.0 Å². The molecule has 0 unspecified atom stereocenters. The van der Waals surface area contributed by atoms with Crippen LogP contribution in [0.2, 0.25) is 0 Å². The van der Waals surface area contributed by atoms with E-state index >= 15 is 0 Å². The van der Waals surface area contributed by atoms with Gasteiger partial charge in [0.25, 0.3) is 0 Å². The van der Waals surface area contributed by atoms with Gasteiger partial charge in [-0.15, -0.1) is 0 Å². The summed E-state index contributed by atoms with van der Waals surface area (Å²) in [6.45, 7) is 6.05. The number of carboxylic acids is 1. The Balaban J connectivity index is 0.000000612. The molecule has 0 aliphatic heterocycles. The SMILES string of the molecule is CCC.Cc1cc2ccc(C(=O)O)cc2cc1C(N)=O. The summed E-state index contributed by atoms with van der Waals surface area (Å²) in [7, 11) is 0. The molecule has 0 fully saturated rings. The van der Waals surface area contributed by atoms with E-state index in [1.807, 2.05) is 6.07 Å². The van der Waals surface area contributed by atoms with Gasteiger partial charge in [0, 0.05) is 5.56 Å². The number of primary amides is 1. The average molecular weight is 273 g/mol. The molecule has 3 N–H and O–H groups in total. The predicted molar refractivity (Wildman–Crippen MR) is 80.1 cm³/mol. The first-order valence-corrected chi connectivity index (χ1v) is 6.48. The van der Waals surface area contributed by atoms with Gasteiger partial charge in [0.05, 0.1) is 5.56 Å². The van der Waals surface area contributed by atoms with Crippen molar-refractivity contribution in [3.8, 4) is 0 Å². The molecule has 0 atom stereocenters. The molecule has 0 aromatic heterocycles. The predicted octanol–water partition coefficient (Wildman–Crippen LogP) is 3.36.